The number of para-hydroxylation sites is 2. The number of rotatable bonds is 6. The predicted octanol–water partition coefficient (Wildman–Crippen LogP) is 5.47. The van der Waals surface area contributed by atoms with E-state index in [0.29, 0.717) is 0 Å². The van der Waals surface area contributed by atoms with Crippen molar-refractivity contribution in [2.45, 2.75) is 19.9 Å². The number of aromatic nitrogens is 1. The summed E-state index contributed by atoms with van der Waals surface area (Å²) >= 11 is 1.65. The van der Waals surface area contributed by atoms with Crippen molar-refractivity contribution in [1.82, 2.24) is 9.88 Å². The molecule has 2 heterocycles. The third-order valence-corrected chi connectivity index (χ3v) is 6.18. The van der Waals surface area contributed by atoms with Gasteiger partial charge in [-0.2, -0.15) is 0 Å². The second-order valence-electron chi connectivity index (χ2n) is 7.22. The summed E-state index contributed by atoms with van der Waals surface area (Å²) in [6.45, 7) is 4.00. The predicted molar refractivity (Wildman–Crippen MR) is 119 cm³/mol. The number of nitrogens with one attached hydrogen (secondary N) is 1. The first-order chi connectivity index (χ1) is 14.1. The lowest BCUT2D eigenvalue weighted by Crippen LogP contribution is -2.35. The van der Waals surface area contributed by atoms with Gasteiger partial charge in [-0.05, 0) is 42.5 Å². The van der Waals surface area contributed by atoms with Crippen LogP contribution in [0.3, 0.4) is 0 Å². The summed E-state index contributed by atoms with van der Waals surface area (Å²) in [5.74, 6) is 0.727. The van der Waals surface area contributed by atoms with E-state index >= 15 is 0 Å². The van der Waals surface area contributed by atoms with Gasteiger partial charge in [0.1, 0.15) is 5.75 Å². The van der Waals surface area contributed by atoms with E-state index in [1.165, 1.54) is 0 Å². The highest BCUT2D eigenvalue weighted by atomic mass is 32.1. The number of nitrogens with zero attached hydrogens (tertiary/aromatic N) is 1. The van der Waals surface area contributed by atoms with E-state index in [-0.39, 0.29) is 18.6 Å². The highest BCUT2D eigenvalue weighted by Gasteiger charge is 2.27. The summed E-state index contributed by atoms with van der Waals surface area (Å²) in [5, 5.41) is 3.17. The van der Waals surface area contributed by atoms with Crippen LogP contribution in [0.15, 0.2) is 66.2 Å². The minimum atomic E-state index is -0.166. The van der Waals surface area contributed by atoms with Gasteiger partial charge < -0.3 is 14.6 Å². The van der Waals surface area contributed by atoms with Gasteiger partial charge in [-0.1, -0.05) is 42.5 Å². The molecule has 0 spiro atoms. The van der Waals surface area contributed by atoms with E-state index in [0.717, 1.165) is 38.2 Å². The number of amides is 1. The Kier molecular flexibility index (Phi) is 5.41. The van der Waals surface area contributed by atoms with Crippen LogP contribution in [0.5, 0.6) is 5.75 Å². The maximum Gasteiger partial charge on any atom is 0.261 e. The molecule has 5 heteroatoms. The molecule has 4 rings (SSSR count). The van der Waals surface area contributed by atoms with Gasteiger partial charge in [0.2, 0.25) is 0 Å². The average Bonchev–Trinajstić information content (AvgIpc) is 3.38. The van der Waals surface area contributed by atoms with Crippen molar-refractivity contribution in [3.63, 3.8) is 0 Å². The number of H-pyrrole nitrogens is 1. The molecule has 0 radical (unpaired) electrons. The maximum absolute atomic E-state index is 13.1. The zero-order valence-electron chi connectivity index (χ0n) is 16.8. The van der Waals surface area contributed by atoms with Gasteiger partial charge in [0, 0.05) is 34.6 Å². The number of fused-ring (bicyclic) bond motifs is 1. The fourth-order valence-electron chi connectivity index (χ4n) is 3.73. The van der Waals surface area contributed by atoms with Crippen molar-refractivity contribution >= 4 is 28.1 Å². The lowest BCUT2D eigenvalue weighted by atomic mass is 10.0. The number of hydrogen-bond acceptors (Lipinski definition) is 3. The molecular weight excluding hydrogens is 380 g/mol. The molecule has 0 aliphatic rings. The molecule has 29 heavy (non-hydrogen) atoms. The average molecular weight is 405 g/mol. The Morgan fingerprint density at radius 3 is 2.55 bits per heavy atom. The second-order valence-corrected chi connectivity index (χ2v) is 8.20. The summed E-state index contributed by atoms with van der Waals surface area (Å²) in [6.07, 6.45) is 2.01. The molecule has 0 bridgehead atoms. The number of likely N-dealkylation sites (N-methyl/N-ethyl adjacent to an activating group) is 1. The Morgan fingerprint density at radius 1 is 1.07 bits per heavy atom. The van der Waals surface area contributed by atoms with E-state index in [9.17, 15) is 4.79 Å². The molecule has 2 aromatic carbocycles. The minimum Gasteiger partial charge on any atom is -0.483 e. The molecule has 4 aromatic rings. The summed E-state index contributed by atoms with van der Waals surface area (Å²) in [6, 6.07) is 18.1. The molecule has 0 aliphatic heterocycles. The highest BCUT2D eigenvalue weighted by Crippen LogP contribution is 2.35. The number of ether oxygens (including phenoxy) is 1. The molecule has 0 unspecified atom stereocenters. The van der Waals surface area contributed by atoms with Crippen LogP contribution in [0, 0.1) is 13.8 Å². The number of benzene rings is 2. The molecule has 0 saturated heterocycles. The molecule has 1 atom stereocenters. The maximum atomic E-state index is 13.1. The number of thiophene rings is 1. The summed E-state index contributed by atoms with van der Waals surface area (Å²) in [4.78, 5) is 19.3. The van der Waals surface area contributed by atoms with Crippen molar-refractivity contribution in [3.8, 4) is 5.75 Å². The van der Waals surface area contributed by atoms with Crippen molar-refractivity contribution in [2.24, 2.45) is 0 Å². The van der Waals surface area contributed by atoms with E-state index in [4.69, 9.17) is 4.74 Å². The summed E-state index contributed by atoms with van der Waals surface area (Å²) in [7, 11) is 1.85. The molecule has 0 fully saturated rings. The van der Waals surface area contributed by atoms with Gasteiger partial charge in [-0.25, -0.2) is 0 Å². The molecule has 1 N–H and O–H groups in total. The van der Waals surface area contributed by atoms with E-state index in [1.807, 2.05) is 68.9 Å². The number of carbonyl (C=O) groups excluding carboxylic acids is 1. The summed E-state index contributed by atoms with van der Waals surface area (Å²) < 4.78 is 5.93. The van der Waals surface area contributed by atoms with Crippen molar-refractivity contribution < 1.29 is 9.53 Å². The Labute approximate surface area is 174 Å². The van der Waals surface area contributed by atoms with Crippen LogP contribution < -0.4 is 4.74 Å². The zero-order valence-corrected chi connectivity index (χ0v) is 17.6. The molecule has 4 nitrogen and oxygen atoms in total. The summed E-state index contributed by atoms with van der Waals surface area (Å²) in [5.41, 5.74) is 4.22. The molecular formula is C24H24N2O2S. The standard InChI is InChI=1S/C24H24N2O2S/c1-16-8-6-9-17(2)24(16)28-15-22(27)26(3)23(21-12-7-13-29-21)19-14-25-20-11-5-4-10-18(19)20/h4-14,23,25H,15H2,1-3H3/t23-/m1/s1. The van der Waals surface area contributed by atoms with Gasteiger partial charge in [0.25, 0.3) is 5.91 Å². The normalized spacial score (nSPS) is 12.1. The first-order valence-corrected chi connectivity index (χ1v) is 10.5. The number of aryl methyl sites for hydroxylation is 2. The van der Waals surface area contributed by atoms with Gasteiger partial charge in [-0.15, -0.1) is 11.3 Å². The number of carbonyl (C=O) groups is 1. The van der Waals surface area contributed by atoms with Crippen LogP contribution in [-0.4, -0.2) is 29.4 Å². The Morgan fingerprint density at radius 2 is 1.83 bits per heavy atom. The first-order valence-electron chi connectivity index (χ1n) is 9.60. The fourth-order valence-corrected chi connectivity index (χ4v) is 4.61. The van der Waals surface area contributed by atoms with Crippen LogP contribution >= 0.6 is 11.3 Å². The number of aromatic amines is 1. The first kappa shape index (κ1) is 19.3. The van der Waals surface area contributed by atoms with E-state index < -0.39 is 0 Å². The molecule has 2 aromatic heterocycles. The monoisotopic (exact) mass is 404 g/mol. The molecule has 0 aliphatic carbocycles. The molecule has 0 saturated carbocycles. The van der Waals surface area contributed by atoms with Crippen LogP contribution in [0.25, 0.3) is 10.9 Å². The largest absolute Gasteiger partial charge is 0.483 e. The van der Waals surface area contributed by atoms with Crippen molar-refractivity contribution in [3.05, 3.63) is 87.7 Å². The SMILES string of the molecule is Cc1cccc(C)c1OCC(=O)N(C)[C@@H](c1cccs1)c1c[nH]c2ccccc12. The van der Waals surface area contributed by atoms with Crippen molar-refractivity contribution in [2.75, 3.05) is 13.7 Å². The quantitative estimate of drug-likeness (QED) is 0.463. The highest BCUT2D eigenvalue weighted by molar-refractivity contribution is 7.10. The molecule has 148 valence electrons. The second kappa shape index (κ2) is 8.13. The zero-order chi connectivity index (χ0) is 20.4. The lowest BCUT2D eigenvalue weighted by Gasteiger charge is -2.28. The van der Waals surface area contributed by atoms with Gasteiger partial charge in [-0.3, -0.25) is 4.79 Å². The Hall–Kier alpha value is -3.05. The number of hydrogen-bond donors (Lipinski definition) is 1. The smallest absolute Gasteiger partial charge is 0.261 e. The van der Waals surface area contributed by atoms with Gasteiger partial charge >= 0.3 is 0 Å². The van der Waals surface area contributed by atoms with Crippen LogP contribution in [0.4, 0.5) is 0 Å². The lowest BCUT2D eigenvalue weighted by molar-refractivity contribution is -0.133. The van der Waals surface area contributed by atoms with E-state index in [2.05, 4.69) is 23.2 Å². The van der Waals surface area contributed by atoms with Crippen LogP contribution in [0.2, 0.25) is 0 Å². The fraction of sp³-hybridized carbons (Fsp3) is 0.208. The Bertz CT molecular complexity index is 1110. The van der Waals surface area contributed by atoms with E-state index in [1.54, 1.807) is 16.2 Å². The molecule has 1 amide bonds. The third-order valence-electron chi connectivity index (χ3n) is 5.26. The Balaban J connectivity index is 1.62. The van der Waals surface area contributed by atoms with Gasteiger partial charge in [0.15, 0.2) is 6.61 Å². The minimum absolute atomic E-state index is 0.00637. The van der Waals surface area contributed by atoms with Crippen LogP contribution in [0.1, 0.15) is 27.6 Å². The van der Waals surface area contributed by atoms with Gasteiger partial charge in [0.05, 0.1) is 6.04 Å². The van der Waals surface area contributed by atoms with Crippen LogP contribution in [-0.2, 0) is 4.79 Å². The topological polar surface area (TPSA) is 45.3 Å². The third kappa shape index (κ3) is 3.78. The van der Waals surface area contributed by atoms with Crippen molar-refractivity contribution in [1.29, 1.82) is 0 Å².